The summed E-state index contributed by atoms with van der Waals surface area (Å²) in [5, 5.41) is 9.77. The zero-order chi connectivity index (χ0) is 70.4. The molecule has 9 heteroatoms. The molecule has 0 aromatic heterocycles. The molecular formula is C88H148NO8+. The molecule has 0 fully saturated rings. The molecule has 0 aliphatic rings. The normalized spacial score (nSPS) is 13.5. The van der Waals surface area contributed by atoms with Crippen LogP contribution in [0.1, 0.15) is 322 Å². The molecule has 0 aliphatic heterocycles. The van der Waals surface area contributed by atoms with Gasteiger partial charge in [0.25, 0.3) is 6.29 Å². The first-order valence-corrected chi connectivity index (χ1v) is 39.6. The van der Waals surface area contributed by atoms with Gasteiger partial charge in [-0.3, -0.25) is 9.59 Å². The molecule has 97 heavy (non-hydrogen) atoms. The predicted octanol–water partition coefficient (Wildman–Crippen LogP) is 25.6. The molecule has 2 unspecified atom stereocenters. The maximum atomic E-state index is 13.0. The van der Waals surface area contributed by atoms with Gasteiger partial charge >= 0.3 is 17.9 Å². The standard InChI is InChI=1S/C88H147NO8/c1-6-8-10-12-14-16-18-20-22-24-26-28-30-32-34-36-38-40-41-42-43-44-45-47-49-51-53-55-57-59-61-63-65-67-69-71-73-75-77-79-86(91)97-84(83-96-88(87(92)93)94-81-80-89(3,4)5)82-95-85(90)78-76-74-72-70-68-66-64-62-60-58-56-54-52-50-48-46-39-37-35-33-31-29-27-25-23-21-19-17-15-13-11-9-7-2/h8,10,14,16,20,22,25-28,32,34,38,40,42-43,45,47,51,53,57,59,63,65,69,71,84,88H,6-7,9,11-13,15,17-19,21,23-24,29-31,33,35-37,39,41,44,46,48-50,52,54-56,58,60-62,64,66-68,70,72-83H2,1-5H3/p+1/b10-8-,16-14-,22-20-,27-25-,28-26-,34-32-,40-38-,43-42-,47-45-,53-51-,59-57-,65-63-,71-69-. The molecule has 0 amide bonds. The summed E-state index contributed by atoms with van der Waals surface area (Å²) < 4.78 is 23.0. The second-order valence-corrected chi connectivity index (χ2v) is 27.3. The van der Waals surface area contributed by atoms with E-state index in [-0.39, 0.29) is 38.6 Å². The van der Waals surface area contributed by atoms with Crippen LogP contribution >= 0.6 is 0 Å². The second-order valence-electron chi connectivity index (χ2n) is 27.3. The third kappa shape index (κ3) is 78.1. The smallest absolute Gasteiger partial charge is 0.361 e. The number of unbranched alkanes of at least 4 members (excludes halogenated alkanes) is 31. The summed E-state index contributed by atoms with van der Waals surface area (Å²) in [7, 11) is 5.96. The zero-order valence-electron chi connectivity index (χ0n) is 63.2. The molecule has 9 nitrogen and oxygen atoms in total. The van der Waals surface area contributed by atoms with Crippen LogP contribution in [-0.2, 0) is 33.3 Å². The lowest BCUT2D eigenvalue weighted by Crippen LogP contribution is -2.40. The lowest BCUT2D eigenvalue weighted by molar-refractivity contribution is -0.870. The van der Waals surface area contributed by atoms with Crippen LogP contribution in [0.3, 0.4) is 0 Å². The fourth-order valence-corrected chi connectivity index (χ4v) is 10.8. The second kappa shape index (κ2) is 76.7. The maximum Gasteiger partial charge on any atom is 0.361 e. The number of nitrogens with zero attached hydrogens (tertiary/aromatic N) is 1. The number of aliphatic carboxylic acids is 1. The molecule has 0 heterocycles. The van der Waals surface area contributed by atoms with Crippen LogP contribution in [0.2, 0.25) is 0 Å². The molecule has 1 N–H and O–H groups in total. The molecule has 0 bridgehead atoms. The van der Waals surface area contributed by atoms with E-state index in [0.29, 0.717) is 17.4 Å². The molecule has 0 aromatic rings. The summed E-state index contributed by atoms with van der Waals surface area (Å²) >= 11 is 0. The summed E-state index contributed by atoms with van der Waals surface area (Å²) in [5.41, 5.74) is 0. The van der Waals surface area contributed by atoms with Crippen molar-refractivity contribution in [2.75, 3.05) is 47.5 Å². The van der Waals surface area contributed by atoms with E-state index in [4.69, 9.17) is 18.9 Å². The molecule has 0 spiro atoms. The van der Waals surface area contributed by atoms with Crippen LogP contribution in [0.4, 0.5) is 0 Å². The van der Waals surface area contributed by atoms with Crippen molar-refractivity contribution in [3.05, 3.63) is 158 Å². The van der Waals surface area contributed by atoms with Gasteiger partial charge in [0.2, 0.25) is 0 Å². The van der Waals surface area contributed by atoms with E-state index in [0.717, 1.165) is 109 Å². The highest BCUT2D eigenvalue weighted by Crippen LogP contribution is 2.18. The van der Waals surface area contributed by atoms with Crippen LogP contribution in [0.25, 0.3) is 0 Å². The SMILES string of the molecule is CC/C=C\C/C=C\C/C=C\C/C=C\C/C=C\C/C=C\C/C=C\C/C=C\C/C=C\C/C=C\C/C=C\C/C=C\CCCCC(=O)OC(COC(=O)CCCCCCCCCCCCCCCCCCCCCCC/C=C\CCCCCCCCCC)COC(OCC[N+](C)(C)C)C(=O)O. The van der Waals surface area contributed by atoms with Gasteiger partial charge in [-0.1, -0.05) is 339 Å². The number of hydrogen-bond donors (Lipinski definition) is 1. The number of carbonyl (C=O) groups excluding carboxylic acids is 2. The number of carboxylic acid groups (broad SMARTS) is 1. The fraction of sp³-hybridized carbons (Fsp3) is 0.670. The molecule has 0 aromatic carbocycles. The Balaban J connectivity index is 4.17. The average molecular weight is 1350 g/mol. The fourth-order valence-electron chi connectivity index (χ4n) is 10.8. The van der Waals surface area contributed by atoms with E-state index in [9.17, 15) is 19.5 Å². The number of allylic oxidation sites excluding steroid dienone is 26. The van der Waals surface area contributed by atoms with Crippen LogP contribution in [-0.4, -0.2) is 87.4 Å². The van der Waals surface area contributed by atoms with Gasteiger partial charge in [0.15, 0.2) is 6.10 Å². The summed E-state index contributed by atoms with van der Waals surface area (Å²) in [5.74, 6) is -2.07. The highest BCUT2D eigenvalue weighted by Gasteiger charge is 2.25. The van der Waals surface area contributed by atoms with Crippen molar-refractivity contribution >= 4 is 17.9 Å². The summed E-state index contributed by atoms with van der Waals surface area (Å²) in [6.45, 7) is 4.73. The zero-order valence-corrected chi connectivity index (χ0v) is 63.2. The minimum absolute atomic E-state index is 0.172. The number of likely N-dealkylation sites (N-methyl/N-ethyl adjacent to an activating group) is 1. The molecule has 0 saturated carbocycles. The molecular weight excluding hydrogens is 1200 g/mol. The average Bonchev–Trinajstić information content (AvgIpc) is 2.39. The quantitative estimate of drug-likeness (QED) is 0.0211. The van der Waals surface area contributed by atoms with Gasteiger partial charge in [-0.15, -0.1) is 0 Å². The molecule has 552 valence electrons. The third-order valence-corrected chi connectivity index (χ3v) is 16.8. The minimum atomic E-state index is -1.53. The minimum Gasteiger partial charge on any atom is -0.477 e. The van der Waals surface area contributed by atoms with Crippen molar-refractivity contribution in [1.82, 2.24) is 0 Å². The number of rotatable bonds is 72. The van der Waals surface area contributed by atoms with Gasteiger partial charge < -0.3 is 28.5 Å². The van der Waals surface area contributed by atoms with E-state index in [1.54, 1.807) is 0 Å². The summed E-state index contributed by atoms with van der Waals surface area (Å²) in [6, 6.07) is 0. The number of carbonyl (C=O) groups is 3. The number of ether oxygens (including phenoxy) is 4. The van der Waals surface area contributed by atoms with Gasteiger partial charge in [-0.2, -0.15) is 0 Å². The number of hydrogen-bond acceptors (Lipinski definition) is 7. The topological polar surface area (TPSA) is 108 Å². The Morgan fingerprint density at radius 2 is 0.588 bits per heavy atom. The van der Waals surface area contributed by atoms with Crippen LogP contribution < -0.4 is 0 Å². The van der Waals surface area contributed by atoms with Gasteiger partial charge in [0.05, 0.1) is 34.4 Å². The lowest BCUT2D eigenvalue weighted by Gasteiger charge is -2.25. The van der Waals surface area contributed by atoms with E-state index in [1.165, 1.54) is 180 Å². The first kappa shape index (κ1) is 91.9. The van der Waals surface area contributed by atoms with E-state index in [2.05, 4.69) is 172 Å². The van der Waals surface area contributed by atoms with Gasteiger partial charge in [0.1, 0.15) is 13.2 Å². The highest BCUT2D eigenvalue weighted by atomic mass is 16.7. The largest absolute Gasteiger partial charge is 0.477 e. The van der Waals surface area contributed by atoms with Crippen molar-refractivity contribution < 1.29 is 42.9 Å². The Bertz CT molecular complexity index is 2160. The summed E-state index contributed by atoms with van der Waals surface area (Å²) in [6.07, 6.45) is 111. The van der Waals surface area contributed by atoms with E-state index in [1.807, 2.05) is 21.1 Å². The highest BCUT2D eigenvalue weighted by molar-refractivity contribution is 5.71. The van der Waals surface area contributed by atoms with Gasteiger partial charge in [-0.25, -0.2) is 4.79 Å². The monoisotopic (exact) mass is 1350 g/mol. The van der Waals surface area contributed by atoms with E-state index >= 15 is 0 Å². The molecule has 0 saturated heterocycles. The molecule has 0 aliphatic carbocycles. The number of carboxylic acids is 1. The van der Waals surface area contributed by atoms with Crippen LogP contribution in [0.15, 0.2) is 158 Å². The Labute approximate surface area is 597 Å². The van der Waals surface area contributed by atoms with Crippen molar-refractivity contribution in [2.45, 2.75) is 334 Å². The lowest BCUT2D eigenvalue weighted by atomic mass is 10.0. The Kier molecular flexibility index (Phi) is 72.6. The summed E-state index contributed by atoms with van der Waals surface area (Å²) in [4.78, 5) is 37.7. The van der Waals surface area contributed by atoms with Crippen molar-refractivity contribution in [3.8, 4) is 0 Å². The van der Waals surface area contributed by atoms with Crippen LogP contribution in [0, 0.1) is 0 Å². The Morgan fingerprint density at radius 1 is 0.320 bits per heavy atom. The molecule has 2 atom stereocenters. The van der Waals surface area contributed by atoms with E-state index < -0.39 is 24.3 Å². The Morgan fingerprint density at radius 3 is 0.907 bits per heavy atom. The molecule has 0 radical (unpaired) electrons. The first-order valence-electron chi connectivity index (χ1n) is 39.6. The van der Waals surface area contributed by atoms with Gasteiger partial charge in [-0.05, 0) is 128 Å². The van der Waals surface area contributed by atoms with Crippen molar-refractivity contribution in [1.29, 1.82) is 0 Å². The molecule has 0 rings (SSSR count). The van der Waals surface area contributed by atoms with Gasteiger partial charge in [0, 0.05) is 12.8 Å². The Hall–Kier alpha value is -5.09. The number of quaternary nitrogens is 1. The maximum absolute atomic E-state index is 13.0. The van der Waals surface area contributed by atoms with Crippen LogP contribution in [0.5, 0.6) is 0 Å². The predicted molar refractivity (Wildman–Crippen MR) is 419 cm³/mol. The van der Waals surface area contributed by atoms with Crippen molar-refractivity contribution in [3.63, 3.8) is 0 Å². The van der Waals surface area contributed by atoms with Crippen molar-refractivity contribution in [2.24, 2.45) is 0 Å². The number of esters is 2. The third-order valence-electron chi connectivity index (χ3n) is 16.8. The first-order chi connectivity index (χ1) is 47.6.